The molecule has 1 aromatic carbocycles. The van der Waals surface area contributed by atoms with Crippen LogP contribution in [-0.4, -0.2) is 66.5 Å². The number of aromatic nitrogens is 4. The fraction of sp³-hybridized carbons (Fsp3) is 0.435. The molecule has 11 nitrogen and oxygen atoms in total. The van der Waals surface area contributed by atoms with Crippen LogP contribution in [0.3, 0.4) is 0 Å². The average Bonchev–Trinajstić information content (AvgIpc) is 3.57. The van der Waals surface area contributed by atoms with Gasteiger partial charge < -0.3 is 25.7 Å². The smallest absolute Gasteiger partial charge is 0.247 e. The third kappa shape index (κ3) is 4.99. The van der Waals surface area contributed by atoms with Crippen molar-refractivity contribution in [2.24, 2.45) is 0 Å². The van der Waals surface area contributed by atoms with Crippen molar-refractivity contribution in [1.29, 1.82) is 10.5 Å². The molecule has 4 N–H and O–H groups in total. The van der Waals surface area contributed by atoms with Gasteiger partial charge in [0.2, 0.25) is 5.95 Å². The van der Waals surface area contributed by atoms with Crippen LogP contribution in [0, 0.1) is 22.7 Å². The number of imidazole rings is 1. The van der Waals surface area contributed by atoms with Crippen LogP contribution in [-0.2, 0) is 0 Å². The van der Waals surface area contributed by atoms with Crippen molar-refractivity contribution in [1.82, 2.24) is 24.5 Å². The molecule has 2 aromatic heterocycles. The number of rotatable bonds is 7. The monoisotopic (exact) mass is 493 g/mol. The van der Waals surface area contributed by atoms with Gasteiger partial charge in [-0.3, -0.25) is 0 Å². The second-order valence-corrected chi connectivity index (χ2v) is 9.28. The maximum atomic E-state index is 10.9. The summed E-state index contributed by atoms with van der Waals surface area (Å²) in [6.07, 6.45) is 3.56. The largest absolute Gasteiger partial charge is 0.393 e. The highest BCUT2D eigenvalue weighted by molar-refractivity contribution is 6.34. The Morgan fingerprint density at radius 3 is 2.63 bits per heavy atom. The molecular formula is C23H24ClN9O2. The Labute approximate surface area is 206 Å². The van der Waals surface area contributed by atoms with E-state index in [0.717, 1.165) is 12.8 Å². The Hall–Kier alpha value is -3.48. The first-order valence-electron chi connectivity index (χ1n) is 11.5. The first kappa shape index (κ1) is 23.3. The van der Waals surface area contributed by atoms with Crippen LogP contribution in [0.5, 0.6) is 0 Å². The Bertz CT molecular complexity index is 1330. The standard InChI is InChI=1S/C23H24ClN9O2/c24-20-17(19(35)12-32-5-3-16(34)4-6-32)7-13(9-25)8-18(20)29-23-30-21(28-14-1-2-14)22-27-11-15(10-26)33(22)31-23/h7-8,11,14,16,19,34-35H,1-6,12H2,(H2,28,29,30,31). The second-order valence-electron chi connectivity index (χ2n) is 8.90. The molecule has 180 valence electrons. The second kappa shape index (κ2) is 9.64. The normalized spacial score (nSPS) is 17.6. The number of halogens is 1. The molecule has 3 heterocycles. The van der Waals surface area contributed by atoms with E-state index in [1.165, 1.54) is 10.7 Å². The summed E-state index contributed by atoms with van der Waals surface area (Å²) in [6, 6.07) is 7.61. The van der Waals surface area contributed by atoms with E-state index in [4.69, 9.17) is 11.6 Å². The van der Waals surface area contributed by atoms with Crippen LogP contribution in [0.2, 0.25) is 5.02 Å². The topological polar surface area (TPSA) is 158 Å². The number of anilines is 3. The molecule has 1 saturated carbocycles. The molecule has 1 saturated heterocycles. The SMILES string of the molecule is N#Cc1cc(Nc2nc(NC3CC3)c3ncc(C#N)n3n2)c(Cl)c(C(O)CN2CCC(O)CC2)c1. The zero-order chi connectivity index (χ0) is 24.5. The Morgan fingerprint density at radius 2 is 1.94 bits per heavy atom. The summed E-state index contributed by atoms with van der Waals surface area (Å²) in [6.45, 7) is 1.69. The van der Waals surface area contributed by atoms with Crippen LogP contribution < -0.4 is 10.6 Å². The molecule has 0 radical (unpaired) electrons. The van der Waals surface area contributed by atoms with Crippen LogP contribution in [0.1, 0.15) is 48.6 Å². The highest BCUT2D eigenvalue weighted by Gasteiger charge is 2.25. The lowest BCUT2D eigenvalue weighted by molar-refractivity contribution is 0.0508. The van der Waals surface area contributed by atoms with Crippen molar-refractivity contribution in [2.75, 3.05) is 30.3 Å². The minimum Gasteiger partial charge on any atom is -0.393 e. The highest BCUT2D eigenvalue weighted by atomic mass is 35.5. The molecule has 1 aliphatic carbocycles. The van der Waals surface area contributed by atoms with E-state index in [1.807, 2.05) is 0 Å². The van der Waals surface area contributed by atoms with Crippen molar-refractivity contribution >= 4 is 34.7 Å². The predicted molar refractivity (Wildman–Crippen MR) is 128 cm³/mol. The van der Waals surface area contributed by atoms with Gasteiger partial charge in [0.1, 0.15) is 6.07 Å². The molecule has 0 amide bonds. The summed E-state index contributed by atoms with van der Waals surface area (Å²) in [7, 11) is 0. The average molecular weight is 494 g/mol. The molecule has 2 aliphatic rings. The van der Waals surface area contributed by atoms with Crippen molar-refractivity contribution in [3.05, 3.63) is 40.2 Å². The van der Waals surface area contributed by atoms with E-state index in [2.05, 4.69) is 42.7 Å². The number of β-amino-alcohol motifs (C(OH)–C–C–N with tert-alkyl or cyclic N) is 1. The van der Waals surface area contributed by atoms with E-state index in [1.54, 1.807) is 12.1 Å². The molecule has 12 heteroatoms. The van der Waals surface area contributed by atoms with Crippen LogP contribution in [0.4, 0.5) is 17.5 Å². The van der Waals surface area contributed by atoms with E-state index in [-0.39, 0.29) is 22.8 Å². The minimum atomic E-state index is -0.930. The number of nitrogens with zero attached hydrogens (tertiary/aromatic N) is 7. The van der Waals surface area contributed by atoms with Crippen molar-refractivity contribution in [3.8, 4) is 12.1 Å². The van der Waals surface area contributed by atoms with Gasteiger partial charge in [-0.1, -0.05) is 11.6 Å². The number of nitriles is 2. The molecule has 0 spiro atoms. The molecular weight excluding hydrogens is 470 g/mol. The summed E-state index contributed by atoms with van der Waals surface area (Å²) in [5.41, 5.74) is 1.79. The first-order valence-corrected chi connectivity index (χ1v) is 11.8. The zero-order valence-electron chi connectivity index (χ0n) is 18.8. The third-order valence-electron chi connectivity index (χ3n) is 6.22. The Balaban J connectivity index is 1.46. The van der Waals surface area contributed by atoms with Gasteiger partial charge in [-0.25, -0.2) is 4.98 Å². The fourth-order valence-electron chi connectivity index (χ4n) is 4.14. The van der Waals surface area contributed by atoms with E-state index < -0.39 is 6.10 Å². The molecule has 1 atom stereocenters. The van der Waals surface area contributed by atoms with Gasteiger partial charge in [0.05, 0.1) is 40.7 Å². The quantitative estimate of drug-likeness (QED) is 0.384. The van der Waals surface area contributed by atoms with Gasteiger partial charge in [0, 0.05) is 31.2 Å². The van der Waals surface area contributed by atoms with Crippen LogP contribution in [0.15, 0.2) is 18.3 Å². The summed E-state index contributed by atoms with van der Waals surface area (Å²) in [5, 5.41) is 50.7. The molecule has 2 fully saturated rings. The van der Waals surface area contributed by atoms with Gasteiger partial charge in [-0.15, -0.1) is 5.10 Å². The summed E-state index contributed by atoms with van der Waals surface area (Å²) in [5.74, 6) is 0.657. The lowest BCUT2D eigenvalue weighted by Crippen LogP contribution is -2.38. The van der Waals surface area contributed by atoms with Crippen LogP contribution in [0.25, 0.3) is 5.65 Å². The number of hydrogen-bond acceptors (Lipinski definition) is 10. The lowest BCUT2D eigenvalue weighted by atomic mass is 10.0. The van der Waals surface area contributed by atoms with E-state index >= 15 is 0 Å². The van der Waals surface area contributed by atoms with Crippen molar-refractivity contribution in [3.63, 3.8) is 0 Å². The van der Waals surface area contributed by atoms with Gasteiger partial charge >= 0.3 is 0 Å². The molecule has 0 bridgehead atoms. The molecule has 5 rings (SSSR count). The Kier molecular flexibility index (Phi) is 6.41. The maximum absolute atomic E-state index is 10.9. The number of hydrogen-bond donors (Lipinski definition) is 4. The summed E-state index contributed by atoms with van der Waals surface area (Å²) < 4.78 is 1.41. The fourth-order valence-corrected chi connectivity index (χ4v) is 4.42. The van der Waals surface area contributed by atoms with E-state index in [0.29, 0.717) is 66.8 Å². The van der Waals surface area contributed by atoms with Crippen molar-refractivity contribution < 1.29 is 10.2 Å². The number of benzene rings is 1. The Morgan fingerprint density at radius 1 is 1.17 bits per heavy atom. The lowest BCUT2D eigenvalue weighted by Gasteiger charge is -2.31. The van der Waals surface area contributed by atoms with Crippen molar-refractivity contribution in [2.45, 2.75) is 43.9 Å². The first-order chi connectivity index (χ1) is 16.9. The van der Waals surface area contributed by atoms with Gasteiger partial charge in [-0.05, 0) is 37.8 Å². The summed E-state index contributed by atoms with van der Waals surface area (Å²) in [4.78, 5) is 10.9. The van der Waals surface area contributed by atoms with Crippen LogP contribution >= 0.6 is 11.6 Å². The number of fused-ring (bicyclic) bond motifs is 1. The maximum Gasteiger partial charge on any atom is 0.247 e. The number of piperidine rings is 1. The predicted octanol–water partition coefficient (Wildman–Crippen LogP) is 2.33. The molecule has 3 aromatic rings. The number of aliphatic hydroxyl groups is 2. The number of aliphatic hydroxyl groups excluding tert-OH is 2. The van der Waals surface area contributed by atoms with Gasteiger partial charge in [0.25, 0.3) is 0 Å². The molecule has 1 unspecified atom stereocenters. The minimum absolute atomic E-state index is 0.164. The summed E-state index contributed by atoms with van der Waals surface area (Å²) >= 11 is 6.68. The number of likely N-dealkylation sites (tertiary alicyclic amines) is 1. The van der Waals surface area contributed by atoms with Gasteiger partial charge in [0.15, 0.2) is 17.2 Å². The number of nitrogens with one attached hydrogen (secondary N) is 2. The molecule has 1 aliphatic heterocycles. The third-order valence-corrected chi connectivity index (χ3v) is 6.64. The highest BCUT2D eigenvalue weighted by Crippen LogP contribution is 2.34. The van der Waals surface area contributed by atoms with Gasteiger partial charge in [-0.2, -0.15) is 20.0 Å². The zero-order valence-corrected chi connectivity index (χ0v) is 19.6. The van der Waals surface area contributed by atoms with E-state index in [9.17, 15) is 20.7 Å². The molecule has 35 heavy (non-hydrogen) atoms.